The molecule has 0 amide bonds. The van der Waals surface area contributed by atoms with Crippen molar-refractivity contribution in [3.63, 3.8) is 0 Å². The number of dihydropyridines is 1. The van der Waals surface area contributed by atoms with Gasteiger partial charge in [-0.25, -0.2) is 0 Å². The maximum Gasteiger partial charge on any atom is 0.0619 e. The zero-order valence-electron chi connectivity index (χ0n) is 24.6. The van der Waals surface area contributed by atoms with E-state index in [9.17, 15) is 0 Å². The predicted molar refractivity (Wildman–Crippen MR) is 190 cm³/mol. The van der Waals surface area contributed by atoms with Crippen molar-refractivity contribution in [3.8, 4) is 27.9 Å². The van der Waals surface area contributed by atoms with Gasteiger partial charge in [-0.05, 0) is 98.6 Å². The Balaban J connectivity index is 1.20. The first-order chi connectivity index (χ1) is 22.3. The van der Waals surface area contributed by atoms with Gasteiger partial charge in [-0.3, -0.25) is 4.98 Å². The van der Waals surface area contributed by atoms with Gasteiger partial charge in [0.1, 0.15) is 0 Å². The summed E-state index contributed by atoms with van der Waals surface area (Å²) in [5.74, 6) is 0. The molecule has 0 bridgehead atoms. The number of rotatable bonds is 4. The number of nitrogens with one attached hydrogen (secondary N) is 1. The van der Waals surface area contributed by atoms with Gasteiger partial charge in [0.15, 0.2) is 0 Å². The quantitative estimate of drug-likeness (QED) is 0.226. The molecule has 2 aromatic heterocycles. The normalized spacial score (nSPS) is 13.0. The number of nitrogens with zero attached hydrogens (tertiary/aromatic N) is 2. The fourth-order valence-corrected chi connectivity index (χ4v) is 6.84. The van der Waals surface area contributed by atoms with Crippen LogP contribution in [0.15, 0.2) is 158 Å². The van der Waals surface area contributed by atoms with Gasteiger partial charge in [-0.1, -0.05) is 91.0 Å². The third-order valence-electron chi connectivity index (χ3n) is 9.07. The number of allylic oxidation sites excluding steroid dienone is 2. The Kier molecular flexibility index (Phi) is 5.88. The number of para-hydroxylation sites is 1. The average molecular weight is 576 g/mol. The van der Waals surface area contributed by atoms with Crippen LogP contribution in [0.2, 0.25) is 0 Å². The largest absolute Gasteiger partial charge is 0.381 e. The van der Waals surface area contributed by atoms with Crippen molar-refractivity contribution in [3.05, 3.63) is 164 Å². The van der Waals surface area contributed by atoms with Crippen LogP contribution in [0.5, 0.6) is 0 Å². The van der Waals surface area contributed by atoms with Crippen LogP contribution in [0.1, 0.15) is 5.56 Å². The lowest BCUT2D eigenvalue weighted by molar-refractivity contribution is 0.996. The van der Waals surface area contributed by atoms with Crippen LogP contribution < -0.4 is 5.32 Å². The molecule has 9 rings (SSSR count). The van der Waals surface area contributed by atoms with Crippen LogP contribution in [0.4, 0.5) is 0 Å². The molecule has 0 unspecified atom stereocenters. The molecular weight excluding hydrogens is 546 g/mol. The smallest absolute Gasteiger partial charge is 0.0619 e. The number of pyridine rings is 1. The fourth-order valence-electron chi connectivity index (χ4n) is 6.84. The van der Waals surface area contributed by atoms with Crippen LogP contribution >= 0.6 is 0 Å². The van der Waals surface area contributed by atoms with Crippen molar-refractivity contribution in [1.82, 2.24) is 14.9 Å². The number of hydrogen-bond donors (Lipinski definition) is 1. The first kappa shape index (κ1) is 25.6. The molecular formula is C42H29N3. The lowest BCUT2D eigenvalue weighted by atomic mass is 9.96. The van der Waals surface area contributed by atoms with Gasteiger partial charge < -0.3 is 9.88 Å². The first-order valence-corrected chi connectivity index (χ1v) is 15.4. The van der Waals surface area contributed by atoms with Gasteiger partial charge >= 0.3 is 0 Å². The highest BCUT2D eigenvalue weighted by Gasteiger charge is 2.16. The summed E-state index contributed by atoms with van der Waals surface area (Å²) in [7, 11) is 0. The SMILES string of the molecule is C1=CCNC(c2ccc3cc(-c4ccc5c(ccc6c7ccc(-c8ccncc8)cc7n(-c7ccccc7)c56)c4)ccc3c2)=C1. The molecule has 3 heterocycles. The Labute approximate surface area is 261 Å². The molecule has 3 nitrogen and oxygen atoms in total. The van der Waals surface area contributed by atoms with Crippen molar-refractivity contribution in [2.75, 3.05) is 6.54 Å². The van der Waals surface area contributed by atoms with Crippen molar-refractivity contribution >= 4 is 49.0 Å². The summed E-state index contributed by atoms with van der Waals surface area (Å²) in [6, 6.07) is 46.7. The minimum absolute atomic E-state index is 0.871. The van der Waals surface area contributed by atoms with E-state index in [-0.39, 0.29) is 0 Å². The molecule has 45 heavy (non-hydrogen) atoms. The summed E-state index contributed by atoms with van der Waals surface area (Å²) in [6.45, 7) is 0.871. The highest BCUT2D eigenvalue weighted by atomic mass is 15.0. The van der Waals surface area contributed by atoms with E-state index >= 15 is 0 Å². The van der Waals surface area contributed by atoms with Crippen molar-refractivity contribution in [2.24, 2.45) is 0 Å². The van der Waals surface area contributed by atoms with Gasteiger partial charge in [0.25, 0.3) is 0 Å². The Morgan fingerprint density at radius 2 is 1.18 bits per heavy atom. The molecule has 1 N–H and O–H groups in total. The summed E-state index contributed by atoms with van der Waals surface area (Å²) >= 11 is 0. The Morgan fingerprint density at radius 3 is 1.96 bits per heavy atom. The van der Waals surface area contributed by atoms with E-state index in [0.717, 1.165) is 17.8 Å². The second-order valence-corrected chi connectivity index (χ2v) is 11.7. The summed E-state index contributed by atoms with van der Waals surface area (Å²) in [5.41, 5.74) is 10.8. The molecule has 212 valence electrons. The molecule has 0 spiro atoms. The van der Waals surface area contributed by atoms with Crippen molar-refractivity contribution in [1.29, 1.82) is 0 Å². The summed E-state index contributed by atoms with van der Waals surface area (Å²) in [5, 5.41) is 10.9. The molecule has 0 aliphatic carbocycles. The molecule has 0 fully saturated rings. The van der Waals surface area contributed by atoms with Gasteiger partial charge in [-0.15, -0.1) is 0 Å². The third kappa shape index (κ3) is 4.32. The zero-order chi connectivity index (χ0) is 29.7. The van der Waals surface area contributed by atoms with Crippen LogP contribution in [-0.4, -0.2) is 16.1 Å². The Bertz CT molecular complexity index is 2470. The second kappa shape index (κ2) is 10.4. The van der Waals surface area contributed by atoms with Crippen LogP contribution in [-0.2, 0) is 0 Å². The summed E-state index contributed by atoms with van der Waals surface area (Å²) < 4.78 is 2.43. The van der Waals surface area contributed by atoms with Gasteiger partial charge in [0, 0.05) is 46.5 Å². The second-order valence-electron chi connectivity index (χ2n) is 11.7. The summed E-state index contributed by atoms with van der Waals surface area (Å²) in [4.78, 5) is 4.22. The Morgan fingerprint density at radius 1 is 0.533 bits per heavy atom. The number of benzene rings is 6. The van der Waals surface area contributed by atoms with Crippen LogP contribution in [0.25, 0.3) is 77.0 Å². The van der Waals surface area contributed by atoms with E-state index < -0.39 is 0 Å². The Hall–Kier alpha value is -5.93. The molecule has 6 aromatic carbocycles. The number of aromatic nitrogens is 2. The molecule has 1 aliphatic heterocycles. The van der Waals surface area contributed by atoms with Crippen LogP contribution in [0.3, 0.4) is 0 Å². The topological polar surface area (TPSA) is 29.9 Å². The van der Waals surface area contributed by atoms with Crippen LogP contribution in [0, 0.1) is 0 Å². The average Bonchev–Trinajstić information content (AvgIpc) is 3.46. The van der Waals surface area contributed by atoms with E-state index in [0.29, 0.717) is 0 Å². The molecule has 0 radical (unpaired) electrons. The van der Waals surface area contributed by atoms with Gasteiger partial charge in [-0.2, -0.15) is 0 Å². The molecule has 1 aliphatic rings. The van der Waals surface area contributed by atoms with E-state index in [1.807, 2.05) is 12.4 Å². The highest BCUT2D eigenvalue weighted by Crippen LogP contribution is 2.39. The summed E-state index contributed by atoms with van der Waals surface area (Å²) in [6.07, 6.45) is 10.1. The molecule has 0 saturated carbocycles. The van der Waals surface area contributed by atoms with E-state index in [4.69, 9.17) is 0 Å². The maximum atomic E-state index is 4.22. The van der Waals surface area contributed by atoms with Gasteiger partial charge in [0.2, 0.25) is 0 Å². The van der Waals surface area contributed by atoms with Crippen molar-refractivity contribution in [2.45, 2.75) is 0 Å². The number of fused-ring (bicyclic) bond motifs is 6. The highest BCUT2D eigenvalue weighted by molar-refractivity contribution is 6.19. The minimum atomic E-state index is 0.871. The van der Waals surface area contributed by atoms with E-state index in [1.54, 1.807) is 0 Å². The van der Waals surface area contributed by atoms with E-state index in [2.05, 4.69) is 160 Å². The predicted octanol–water partition coefficient (Wildman–Crippen LogP) is 10.3. The maximum absolute atomic E-state index is 4.22. The fraction of sp³-hybridized carbons (Fsp3) is 0.0238. The monoisotopic (exact) mass is 575 g/mol. The molecule has 8 aromatic rings. The standard InChI is InChI=1S/C42H29N3/c1-2-6-36(7-3-1)45-41-27-33(28-19-22-43-23-20-28)14-17-38(41)39-18-15-34-25-32(13-16-37(34)42(39)45)29-9-10-31-26-35(12-11-30(31)24-29)40-8-4-5-21-44-40/h1-20,22-27,44H,21H2. The first-order valence-electron chi connectivity index (χ1n) is 15.4. The molecule has 0 saturated heterocycles. The molecule has 0 atom stereocenters. The van der Waals surface area contributed by atoms with E-state index in [1.165, 1.54) is 71.3 Å². The molecule has 3 heteroatoms. The lowest BCUT2D eigenvalue weighted by Crippen LogP contribution is -2.14. The minimum Gasteiger partial charge on any atom is -0.381 e. The lowest BCUT2D eigenvalue weighted by Gasteiger charge is -2.13. The van der Waals surface area contributed by atoms with Gasteiger partial charge in [0.05, 0.1) is 11.0 Å². The van der Waals surface area contributed by atoms with Crippen molar-refractivity contribution < 1.29 is 0 Å². The zero-order valence-corrected chi connectivity index (χ0v) is 24.6. The number of hydrogen-bond acceptors (Lipinski definition) is 2. The third-order valence-corrected chi connectivity index (χ3v) is 9.07.